The summed E-state index contributed by atoms with van der Waals surface area (Å²) in [5, 5.41) is 17.3. The standard InChI is InChI=1S/C23H24F3N5O3/c1-11-23(2,33)18(27)9-17(34-11)21-16(10-28-31(21)3)30-22(32)15-8-7-14(26)20(29-15)19-12(24)5-4-6-13(19)25/h4-8,10-11,17-18,33H,9,27H2,1-3H3,(H,30,32)/t11-,17-,18-,23-/m0/s1. The van der Waals surface area contributed by atoms with E-state index in [0.29, 0.717) is 11.4 Å². The maximum absolute atomic E-state index is 14.4. The molecule has 1 aromatic carbocycles. The van der Waals surface area contributed by atoms with Gasteiger partial charge in [-0.05, 0) is 44.5 Å². The van der Waals surface area contributed by atoms with E-state index in [4.69, 9.17) is 10.5 Å². The number of hydrogen-bond acceptors (Lipinski definition) is 6. The highest BCUT2D eigenvalue weighted by Crippen LogP contribution is 2.38. The molecule has 4 rings (SSSR count). The molecule has 1 fully saturated rings. The molecule has 180 valence electrons. The molecule has 1 amide bonds. The zero-order valence-corrected chi connectivity index (χ0v) is 18.7. The topological polar surface area (TPSA) is 115 Å². The van der Waals surface area contributed by atoms with Crippen molar-refractivity contribution in [2.24, 2.45) is 12.8 Å². The molecule has 0 spiro atoms. The Morgan fingerprint density at radius 3 is 2.56 bits per heavy atom. The van der Waals surface area contributed by atoms with Gasteiger partial charge in [-0.2, -0.15) is 5.10 Å². The Kier molecular flexibility index (Phi) is 6.19. The zero-order valence-electron chi connectivity index (χ0n) is 18.7. The average molecular weight is 475 g/mol. The number of pyridine rings is 1. The Labute approximate surface area is 193 Å². The number of nitrogens with zero attached hydrogens (tertiary/aromatic N) is 3. The van der Waals surface area contributed by atoms with Crippen molar-refractivity contribution in [3.8, 4) is 11.3 Å². The van der Waals surface area contributed by atoms with E-state index in [1.807, 2.05) is 0 Å². The molecule has 4 atom stereocenters. The summed E-state index contributed by atoms with van der Waals surface area (Å²) in [6.45, 7) is 3.30. The molecule has 1 saturated heterocycles. The van der Waals surface area contributed by atoms with Crippen LogP contribution in [0.4, 0.5) is 18.9 Å². The lowest BCUT2D eigenvalue weighted by molar-refractivity contribution is -0.172. The van der Waals surface area contributed by atoms with E-state index in [0.717, 1.165) is 30.3 Å². The zero-order chi connectivity index (χ0) is 24.8. The lowest BCUT2D eigenvalue weighted by Crippen LogP contribution is -2.58. The Bertz CT molecular complexity index is 1210. The number of aryl methyl sites for hydroxylation is 1. The minimum absolute atomic E-state index is 0.258. The highest BCUT2D eigenvalue weighted by molar-refractivity contribution is 6.03. The predicted octanol–water partition coefficient (Wildman–Crippen LogP) is 3.08. The number of carbonyl (C=O) groups excluding carboxylic acids is 1. The molecule has 2 aromatic heterocycles. The molecule has 0 radical (unpaired) electrons. The molecule has 1 aliphatic rings. The van der Waals surface area contributed by atoms with E-state index in [9.17, 15) is 23.1 Å². The first-order valence-corrected chi connectivity index (χ1v) is 10.6. The second-order valence-electron chi connectivity index (χ2n) is 8.48. The third-order valence-electron chi connectivity index (χ3n) is 6.23. The molecule has 3 heterocycles. The van der Waals surface area contributed by atoms with Gasteiger partial charge in [-0.25, -0.2) is 18.2 Å². The minimum Gasteiger partial charge on any atom is -0.386 e. The van der Waals surface area contributed by atoms with E-state index < -0.39 is 58.5 Å². The van der Waals surface area contributed by atoms with Crippen LogP contribution >= 0.6 is 0 Å². The second kappa shape index (κ2) is 8.82. The highest BCUT2D eigenvalue weighted by Gasteiger charge is 2.44. The summed E-state index contributed by atoms with van der Waals surface area (Å²) in [5.74, 6) is -3.73. The van der Waals surface area contributed by atoms with Gasteiger partial charge in [0.15, 0.2) is 0 Å². The molecule has 1 aliphatic heterocycles. The fourth-order valence-electron chi connectivity index (χ4n) is 3.97. The quantitative estimate of drug-likeness (QED) is 0.534. The van der Waals surface area contributed by atoms with Crippen LogP contribution in [-0.4, -0.2) is 43.5 Å². The Morgan fingerprint density at radius 2 is 1.91 bits per heavy atom. The number of aromatic nitrogens is 3. The predicted molar refractivity (Wildman–Crippen MR) is 117 cm³/mol. The molecule has 0 saturated carbocycles. The van der Waals surface area contributed by atoms with E-state index in [2.05, 4.69) is 15.4 Å². The van der Waals surface area contributed by atoms with Crippen molar-refractivity contribution in [2.75, 3.05) is 5.32 Å². The number of nitrogens with two attached hydrogens (primary N) is 1. The van der Waals surface area contributed by atoms with Crippen molar-refractivity contribution in [2.45, 2.75) is 44.1 Å². The van der Waals surface area contributed by atoms with Gasteiger partial charge in [-0.15, -0.1) is 0 Å². The first-order chi connectivity index (χ1) is 16.0. The lowest BCUT2D eigenvalue weighted by atomic mass is 9.84. The van der Waals surface area contributed by atoms with Crippen LogP contribution in [0.2, 0.25) is 0 Å². The smallest absolute Gasteiger partial charge is 0.274 e. The molecule has 0 bridgehead atoms. The van der Waals surface area contributed by atoms with Crippen LogP contribution in [-0.2, 0) is 11.8 Å². The van der Waals surface area contributed by atoms with Crippen LogP contribution < -0.4 is 11.1 Å². The summed E-state index contributed by atoms with van der Waals surface area (Å²) in [5.41, 5.74) is 4.18. The molecule has 34 heavy (non-hydrogen) atoms. The third-order valence-corrected chi connectivity index (χ3v) is 6.23. The molecule has 0 unspecified atom stereocenters. The van der Waals surface area contributed by atoms with Gasteiger partial charge in [-0.1, -0.05) is 6.07 Å². The summed E-state index contributed by atoms with van der Waals surface area (Å²) < 4.78 is 50.2. The largest absolute Gasteiger partial charge is 0.386 e. The summed E-state index contributed by atoms with van der Waals surface area (Å²) >= 11 is 0. The van der Waals surface area contributed by atoms with Crippen molar-refractivity contribution >= 4 is 11.6 Å². The van der Waals surface area contributed by atoms with Gasteiger partial charge >= 0.3 is 0 Å². The van der Waals surface area contributed by atoms with Gasteiger partial charge in [-0.3, -0.25) is 9.48 Å². The van der Waals surface area contributed by atoms with Gasteiger partial charge in [0.25, 0.3) is 5.91 Å². The number of nitrogens with one attached hydrogen (secondary N) is 1. The second-order valence-corrected chi connectivity index (χ2v) is 8.48. The number of carbonyl (C=O) groups is 1. The molecule has 3 aromatic rings. The maximum atomic E-state index is 14.4. The van der Waals surface area contributed by atoms with Crippen molar-refractivity contribution < 1.29 is 27.8 Å². The number of ether oxygens (including phenoxy) is 1. The van der Waals surface area contributed by atoms with Crippen molar-refractivity contribution in [3.05, 3.63) is 65.4 Å². The Balaban J connectivity index is 1.63. The van der Waals surface area contributed by atoms with Crippen LogP contribution in [0, 0.1) is 17.5 Å². The van der Waals surface area contributed by atoms with Crippen LogP contribution in [0.5, 0.6) is 0 Å². The number of hydrogen-bond donors (Lipinski definition) is 3. The molecular weight excluding hydrogens is 451 g/mol. The number of amides is 1. The number of anilines is 1. The van der Waals surface area contributed by atoms with E-state index >= 15 is 0 Å². The summed E-state index contributed by atoms with van der Waals surface area (Å²) in [7, 11) is 1.66. The maximum Gasteiger partial charge on any atom is 0.274 e. The van der Waals surface area contributed by atoms with E-state index in [-0.39, 0.29) is 12.1 Å². The molecule has 11 heteroatoms. The fourth-order valence-corrected chi connectivity index (χ4v) is 3.97. The number of rotatable bonds is 4. The average Bonchev–Trinajstić information content (AvgIpc) is 3.13. The van der Waals surface area contributed by atoms with Crippen molar-refractivity contribution in [1.29, 1.82) is 0 Å². The van der Waals surface area contributed by atoms with E-state index in [1.165, 1.54) is 10.9 Å². The number of benzene rings is 1. The first kappa shape index (κ1) is 23.9. The van der Waals surface area contributed by atoms with Gasteiger partial charge < -0.3 is 20.9 Å². The van der Waals surface area contributed by atoms with Gasteiger partial charge in [0.2, 0.25) is 0 Å². The Hall–Kier alpha value is -3.28. The monoisotopic (exact) mass is 475 g/mol. The fraction of sp³-hybridized carbons (Fsp3) is 0.348. The van der Waals surface area contributed by atoms with E-state index in [1.54, 1.807) is 20.9 Å². The molecule has 8 nitrogen and oxygen atoms in total. The van der Waals surface area contributed by atoms with Gasteiger partial charge in [0, 0.05) is 13.1 Å². The van der Waals surface area contributed by atoms with Crippen LogP contribution in [0.25, 0.3) is 11.3 Å². The minimum atomic E-state index is -1.23. The van der Waals surface area contributed by atoms with Crippen LogP contribution in [0.3, 0.4) is 0 Å². The molecular formula is C23H24F3N5O3. The van der Waals surface area contributed by atoms with Gasteiger partial charge in [0.1, 0.15) is 40.5 Å². The Morgan fingerprint density at radius 1 is 1.24 bits per heavy atom. The third kappa shape index (κ3) is 4.17. The lowest BCUT2D eigenvalue weighted by Gasteiger charge is -2.43. The van der Waals surface area contributed by atoms with Crippen LogP contribution in [0.1, 0.15) is 42.6 Å². The number of halogens is 3. The number of aliphatic hydroxyl groups is 1. The summed E-state index contributed by atoms with van der Waals surface area (Å²) in [6, 6.07) is 4.53. The van der Waals surface area contributed by atoms with Crippen molar-refractivity contribution in [1.82, 2.24) is 14.8 Å². The molecule has 4 N–H and O–H groups in total. The first-order valence-electron chi connectivity index (χ1n) is 10.6. The summed E-state index contributed by atoms with van der Waals surface area (Å²) in [4.78, 5) is 16.8. The van der Waals surface area contributed by atoms with Crippen LogP contribution in [0.15, 0.2) is 36.5 Å². The summed E-state index contributed by atoms with van der Waals surface area (Å²) in [6.07, 6.45) is 0.514. The normalized spacial score (nSPS) is 24.8. The SMILES string of the molecule is C[C@@H]1O[C@H](c2c(NC(=O)c3ccc(F)c(-c4c(F)cccc4F)n3)cnn2C)C[C@H](N)[C@@]1(C)O. The van der Waals surface area contributed by atoms with Crippen molar-refractivity contribution in [3.63, 3.8) is 0 Å². The van der Waals surface area contributed by atoms with Gasteiger partial charge in [0.05, 0.1) is 29.2 Å². The highest BCUT2D eigenvalue weighted by atomic mass is 19.1. The molecule has 0 aliphatic carbocycles.